The van der Waals surface area contributed by atoms with Crippen molar-refractivity contribution in [3.8, 4) is 12.3 Å². The maximum absolute atomic E-state index is 12.9. The molecule has 1 heterocycles. The Kier molecular flexibility index (Phi) is 4.58. The molecule has 2 aromatic rings. The van der Waals surface area contributed by atoms with Crippen molar-refractivity contribution in [2.45, 2.75) is 32.7 Å². The molecule has 0 aliphatic carbocycles. The van der Waals surface area contributed by atoms with Crippen LogP contribution >= 0.6 is 0 Å². The minimum absolute atomic E-state index is 0.00607. The first-order valence-corrected chi connectivity index (χ1v) is 8.28. The third kappa shape index (κ3) is 3.56. The number of carbonyl (C=O) groups is 2. The van der Waals surface area contributed by atoms with Crippen LogP contribution in [0.5, 0.6) is 0 Å². The highest BCUT2D eigenvalue weighted by Crippen LogP contribution is 2.25. The molecule has 3 rings (SSSR count). The number of hydrogen-bond acceptors (Lipinski definition) is 2. The van der Waals surface area contributed by atoms with Gasteiger partial charge in [-0.1, -0.05) is 24.1 Å². The highest BCUT2D eigenvalue weighted by atomic mass is 16.2. The van der Waals surface area contributed by atoms with Crippen molar-refractivity contribution in [2.24, 2.45) is 0 Å². The van der Waals surface area contributed by atoms with Crippen LogP contribution in [0.15, 0.2) is 42.5 Å². The summed E-state index contributed by atoms with van der Waals surface area (Å²) in [5.41, 5.74) is 4.20. The van der Waals surface area contributed by atoms with Crippen LogP contribution in [0.1, 0.15) is 30.5 Å². The van der Waals surface area contributed by atoms with Crippen molar-refractivity contribution < 1.29 is 9.59 Å². The SMILES string of the molecule is C#Cc1cccc(N(C(=O)Cc2ccc3c(c2)NC(=O)C3)C(C)C)c1. The number of anilines is 2. The Hall–Kier alpha value is -3.06. The average molecular weight is 332 g/mol. The molecule has 0 saturated heterocycles. The predicted octanol–water partition coefficient (Wildman–Crippen LogP) is 3.15. The Morgan fingerprint density at radius 3 is 2.80 bits per heavy atom. The molecule has 0 atom stereocenters. The van der Waals surface area contributed by atoms with Gasteiger partial charge in [0, 0.05) is 23.0 Å². The van der Waals surface area contributed by atoms with Crippen LogP contribution in [0, 0.1) is 12.3 Å². The van der Waals surface area contributed by atoms with Crippen molar-refractivity contribution in [3.05, 3.63) is 59.2 Å². The van der Waals surface area contributed by atoms with Gasteiger partial charge < -0.3 is 10.2 Å². The highest BCUT2D eigenvalue weighted by molar-refractivity contribution is 6.00. The number of amides is 2. The van der Waals surface area contributed by atoms with Gasteiger partial charge in [0.05, 0.1) is 12.8 Å². The van der Waals surface area contributed by atoms with E-state index in [1.807, 2.05) is 56.3 Å². The van der Waals surface area contributed by atoms with E-state index in [-0.39, 0.29) is 24.3 Å². The molecule has 126 valence electrons. The third-order valence-electron chi connectivity index (χ3n) is 4.23. The van der Waals surface area contributed by atoms with Gasteiger partial charge in [-0.05, 0) is 49.2 Å². The first kappa shape index (κ1) is 16.8. The van der Waals surface area contributed by atoms with Gasteiger partial charge in [-0.15, -0.1) is 6.42 Å². The molecule has 0 fully saturated rings. The van der Waals surface area contributed by atoms with E-state index < -0.39 is 0 Å². The lowest BCUT2D eigenvalue weighted by molar-refractivity contribution is -0.118. The second-order valence-electron chi connectivity index (χ2n) is 6.45. The first-order valence-electron chi connectivity index (χ1n) is 8.28. The van der Waals surface area contributed by atoms with Crippen molar-refractivity contribution in [1.82, 2.24) is 0 Å². The molecule has 0 spiro atoms. The van der Waals surface area contributed by atoms with Gasteiger partial charge in [-0.25, -0.2) is 0 Å². The number of terminal acetylenes is 1. The zero-order chi connectivity index (χ0) is 18.0. The predicted molar refractivity (Wildman–Crippen MR) is 99.5 cm³/mol. The summed E-state index contributed by atoms with van der Waals surface area (Å²) >= 11 is 0. The molecule has 4 heteroatoms. The van der Waals surface area contributed by atoms with Crippen molar-refractivity contribution in [2.75, 3.05) is 10.2 Å². The molecule has 1 aliphatic rings. The monoisotopic (exact) mass is 332 g/mol. The number of carbonyl (C=O) groups excluding carboxylic acids is 2. The molecule has 0 saturated carbocycles. The lowest BCUT2D eigenvalue weighted by atomic mass is 10.1. The summed E-state index contributed by atoms with van der Waals surface area (Å²) in [5.74, 6) is 2.59. The minimum Gasteiger partial charge on any atom is -0.326 e. The molecule has 0 aromatic heterocycles. The second-order valence-corrected chi connectivity index (χ2v) is 6.45. The quantitative estimate of drug-likeness (QED) is 0.875. The standard InChI is InChI=1S/C21H20N2O2/c1-4-15-6-5-7-18(10-15)23(14(2)3)21(25)12-16-8-9-17-13-20(24)22-19(17)11-16/h1,5-11,14H,12-13H2,2-3H3,(H,22,24). The molecule has 0 radical (unpaired) electrons. The van der Waals surface area contributed by atoms with Gasteiger partial charge in [-0.3, -0.25) is 9.59 Å². The van der Waals surface area contributed by atoms with E-state index in [2.05, 4.69) is 11.2 Å². The lowest BCUT2D eigenvalue weighted by Crippen LogP contribution is -2.38. The molecule has 1 N–H and O–H groups in total. The molecule has 2 amide bonds. The highest BCUT2D eigenvalue weighted by Gasteiger charge is 2.22. The van der Waals surface area contributed by atoms with Gasteiger partial charge in [0.2, 0.25) is 11.8 Å². The van der Waals surface area contributed by atoms with E-state index in [0.717, 1.165) is 28.1 Å². The van der Waals surface area contributed by atoms with Gasteiger partial charge >= 0.3 is 0 Å². The van der Waals surface area contributed by atoms with E-state index in [0.29, 0.717) is 6.42 Å². The molecule has 4 nitrogen and oxygen atoms in total. The van der Waals surface area contributed by atoms with Crippen LogP contribution in [0.4, 0.5) is 11.4 Å². The first-order chi connectivity index (χ1) is 12.0. The van der Waals surface area contributed by atoms with Gasteiger partial charge in [0.15, 0.2) is 0 Å². The van der Waals surface area contributed by atoms with Crippen LogP contribution < -0.4 is 10.2 Å². The Morgan fingerprint density at radius 1 is 1.28 bits per heavy atom. The van der Waals surface area contributed by atoms with E-state index in [1.54, 1.807) is 4.90 Å². The van der Waals surface area contributed by atoms with Crippen LogP contribution in [0.3, 0.4) is 0 Å². The van der Waals surface area contributed by atoms with E-state index in [4.69, 9.17) is 6.42 Å². The molecule has 25 heavy (non-hydrogen) atoms. The topological polar surface area (TPSA) is 49.4 Å². The fraction of sp³-hybridized carbons (Fsp3) is 0.238. The number of benzene rings is 2. The maximum Gasteiger partial charge on any atom is 0.231 e. The zero-order valence-electron chi connectivity index (χ0n) is 14.4. The molecule has 1 aliphatic heterocycles. The summed E-state index contributed by atoms with van der Waals surface area (Å²) in [7, 11) is 0. The van der Waals surface area contributed by atoms with E-state index >= 15 is 0 Å². The second kappa shape index (κ2) is 6.82. The van der Waals surface area contributed by atoms with E-state index in [9.17, 15) is 9.59 Å². The van der Waals surface area contributed by atoms with Crippen LogP contribution in [0.25, 0.3) is 0 Å². The third-order valence-corrected chi connectivity index (χ3v) is 4.23. The Bertz CT molecular complexity index is 878. The molecule has 2 aromatic carbocycles. The van der Waals surface area contributed by atoms with Gasteiger partial charge in [0.25, 0.3) is 0 Å². The zero-order valence-corrected chi connectivity index (χ0v) is 14.4. The molecule has 0 bridgehead atoms. The largest absolute Gasteiger partial charge is 0.326 e. The molecular weight excluding hydrogens is 312 g/mol. The summed E-state index contributed by atoms with van der Waals surface area (Å²) in [6, 6.07) is 13.2. The van der Waals surface area contributed by atoms with Crippen molar-refractivity contribution in [1.29, 1.82) is 0 Å². The fourth-order valence-corrected chi connectivity index (χ4v) is 3.11. The Morgan fingerprint density at radius 2 is 2.08 bits per heavy atom. The summed E-state index contributed by atoms with van der Waals surface area (Å²) in [5, 5.41) is 2.82. The summed E-state index contributed by atoms with van der Waals surface area (Å²) in [4.78, 5) is 26.1. The molecule has 0 unspecified atom stereocenters. The average Bonchev–Trinajstić information content (AvgIpc) is 2.94. The smallest absolute Gasteiger partial charge is 0.231 e. The maximum atomic E-state index is 12.9. The van der Waals surface area contributed by atoms with E-state index in [1.165, 1.54) is 0 Å². The van der Waals surface area contributed by atoms with Crippen molar-refractivity contribution >= 4 is 23.2 Å². The van der Waals surface area contributed by atoms with Crippen LogP contribution in [0.2, 0.25) is 0 Å². The van der Waals surface area contributed by atoms with Crippen LogP contribution in [-0.2, 0) is 22.4 Å². The summed E-state index contributed by atoms with van der Waals surface area (Å²) in [6.07, 6.45) is 6.14. The summed E-state index contributed by atoms with van der Waals surface area (Å²) < 4.78 is 0. The number of nitrogens with one attached hydrogen (secondary N) is 1. The number of nitrogens with zero attached hydrogens (tertiary/aromatic N) is 1. The minimum atomic E-state index is -0.00613. The summed E-state index contributed by atoms with van der Waals surface area (Å²) in [6.45, 7) is 3.95. The normalized spacial score (nSPS) is 12.5. The van der Waals surface area contributed by atoms with Gasteiger partial charge in [0.1, 0.15) is 0 Å². The Labute approximate surface area is 147 Å². The Balaban J connectivity index is 1.83. The lowest BCUT2D eigenvalue weighted by Gasteiger charge is -2.27. The number of fused-ring (bicyclic) bond motifs is 1. The van der Waals surface area contributed by atoms with Crippen LogP contribution in [-0.4, -0.2) is 17.9 Å². The number of rotatable bonds is 4. The van der Waals surface area contributed by atoms with Crippen molar-refractivity contribution in [3.63, 3.8) is 0 Å². The van der Waals surface area contributed by atoms with Gasteiger partial charge in [-0.2, -0.15) is 0 Å². The number of hydrogen-bond donors (Lipinski definition) is 1. The molecular formula is C21H20N2O2. The fourth-order valence-electron chi connectivity index (χ4n) is 3.11.